The summed E-state index contributed by atoms with van der Waals surface area (Å²) in [5, 5.41) is 14.9. The average Bonchev–Trinajstić information content (AvgIpc) is 3.33. The predicted octanol–water partition coefficient (Wildman–Crippen LogP) is 2.77. The predicted molar refractivity (Wildman–Crippen MR) is 120 cm³/mol. The van der Waals surface area contributed by atoms with Crippen molar-refractivity contribution >= 4 is 5.91 Å². The number of amides is 1. The third-order valence-corrected chi connectivity index (χ3v) is 5.11. The Morgan fingerprint density at radius 2 is 1.94 bits per heavy atom. The molecule has 0 saturated heterocycles. The molecule has 1 atom stereocenters. The standard InChI is InChI=1S/C23H24N8O2/c1-14-5-6-21(26-10-14)17-7-18(23(32)27-13-19-12-24-15(2)11-25-19)9-20(8-17)31-22(16(3)33-4)28-29-30-31/h5-12,16H,13H2,1-4H3,(H,27,32). The van der Waals surface area contributed by atoms with E-state index in [0.717, 1.165) is 22.5 Å². The zero-order chi connectivity index (χ0) is 23.4. The van der Waals surface area contributed by atoms with Crippen LogP contribution in [0.5, 0.6) is 0 Å². The Bertz CT molecular complexity index is 1250. The molecule has 1 unspecified atom stereocenters. The van der Waals surface area contributed by atoms with Gasteiger partial charge >= 0.3 is 0 Å². The number of carbonyl (C=O) groups excluding carboxylic acids is 1. The fraction of sp³-hybridized carbons (Fsp3) is 0.261. The fourth-order valence-corrected chi connectivity index (χ4v) is 3.17. The number of pyridine rings is 1. The van der Waals surface area contributed by atoms with E-state index in [-0.39, 0.29) is 18.6 Å². The first-order valence-electron chi connectivity index (χ1n) is 10.4. The minimum Gasteiger partial charge on any atom is -0.374 e. The summed E-state index contributed by atoms with van der Waals surface area (Å²) in [6.07, 6.45) is 4.76. The molecule has 1 N–H and O–H groups in total. The van der Waals surface area contributed by atoms with Crippen molar-refractivity contribution in [3.63, 3.8) is 0 Å². The number of nitrogens with zero attached hydrogens (tertiary/aromatic N) is 7. The van der Waals surface area contributed by atoms with Gasteiger partial charge in [0.25, 0.3) is 5.91 Å². The summed E-state index contributed by atoms with van der Waals surface area (Å²) in [6.45, 7) is 5.94. The van der Waals surface area contributed by atoms with Crippen molar-refractivity contribution in [2.75, 3.05) is 7.11 Å². The number of carbonyl (C=O) groups is 1. The van der Waals surface area contributed by atoms with Crippen molar-refractivity contribution in [1.29, 1.82) is 0 Å². The second-order valence-electron chi connectivity index (χ2n) is 7.65. The Labute approximate surface area is 191 Å². The summed E-state index contributed by atoms with van der Waals surface area (Å²) in [6, 6.07) is 9.30. The number of benzene rings is 1. The maximum Gasteiger partial charge on any atom is 0.251 e. The van der Waals surface area contributed by atoms with Gasteiger partial charge < -0.3 is 10.1 Å². The molecule has 4 aromatic rings. The molecule has 168 valence electrons. The minimum atomic E-state index is -0.335. The van der Waals surface area contributed by atoms with Crippen LogP contribution in [0.4, 0.5) is 0 Å². The van der Waals surface area contributed by atoms with Gasteiger partial charge in [-0.1, -0.05) is 6.07 Å². The molecule has 4 rings (SSSR count). The van der Waals surface area contributed by atoms with Crippen LogP contribution in [0, 0.1) is 13.8 Å². The number of nitrogens with one attached hydrogen (secondary N) is 1. The molecule has 0 aliphatic rings. The molecule has 3 aromatic heterocycles. The Morgan fingerprint density at radius 3 is 2.64 bits per heavy atom. The van der Waals surface area contributed by atoms with Crippen molar-refractivity contribution in [3.8, 4) is 16.9 Å². The molecule has 10 heteroatoms. The quantitative estimate of drug-likeness (QED) is 0.462. The number of tetrazole rings is 1. The van der Waals surface area contributed by atoms with Crippen molar-refractivity contribution in [2.45, 2.75) is 33.4 Å². The maximum absolute atomic E-state index is 13.1. The van der Waals surface area contributed by atoms with E-state index in [2.05, 4.69) is 35.8 Å². The lowest BCUT2D eigenvalue weighted by Gasteiger charge is -2.13. The molecule has 0 fully saturated rings. The van der Waals surface area contributed by atoms with Crippen molar-refractivity contribution in [2.24, 2.45) is 0 Å². The number of hydrogen-bond donors (Lipinski definition) is 1. The summed E-state index contributed by atoms with van der Waals surface area (Å²) in [7, 11) is 1.59. The Balaban J connectivity index is 1.71. The second-order valence-corrected chi connectivity index (χ2v) is 7.65. The van der Waals surface area contributed by atoms with Gasteiger partial charge in [0.2, 0.25) is 0 Å². The smallest absolute Gasteiger partial charge is 0.251 e. The lowest BCUT2D eigenvalue weighted by Crippen LogP contribution is -2.24. The van der Waals surface area contributed by atoms with Crippen LogP contribution in [0.2, 0.25) is 0 Å². The van der Waals surface area contributed by atoms with Gasteiger partial charge in [-0.2, -0.15) is 4.68 Å². The molecular formula is C23H24N8O2. The number of hydrogen-bond acceptors (Lipinski definition) is 8. The molecule has 10 nitrogen and oxygen atoms in total. The highest BCUT2D eigenvalue weighted by molar-refractivity contribution is 5.96. The Kier molecular flexibility index (Phi) is 6.45. The molecule has 0 spiro atoms. The summed E-state index contributed by atoms with van der Waals surface area (Å²) in [5.74, 6) is 0.259. The molecular weight excluding hydrogens is 420 g/mol. The van der Waals surface area contributed by atoms with Gasteiger partial charge in [-0.25, -0.2) is 0 Å². The molecule has 0 aliphatic carbocycles. The van der Waals surface area contributed by atoms with Crippen molar-refractivity contribution in [1.82, 2.24) is 40.5 Å². The van der Waals surface area contributed by atoms with Gasteiger partial charge in [0.1, 0.15) is 6.10 Å². The number of ether oxygens (including phenoxy) is 1. The van der Waals surface area contributed by atoms with Crippen LogP contribution >= 0.6 is 0 Å². The van der Waals surface area contributed by atoms with Crippen molar-refractivity contribution < 1.29 is 9.53 Å². The van der Waals surface area contributed by atoms with Crippen LogP contribution in [0.15, 0.2) is 48.9 Å². The van der Waals surface area contributed by atoms with Crippen molar-refractivity contribution in [3.05, 3.63) is 77.3 Å². The molecule has 0 radical (unpaired) electrons. The highest BCUT2D eigenvalue weighted by Gasteiger charge is 2.18. The van der Waals surface area contributed by atoms with Crippen LogP contribution < -0.4 is 5.32 Å². The third kappa shape index (κ3) is 5.07. The van der Waals surface area contributed by atoms with E-state index in [0.29, 0.717) is 22.8 Å². The maximum atomic E-state index is 13.1. The molecule has 3 heterocycles. The van der Waals surface area contributed by atoms with Crippen LogP contribution in [-0.2, 0) is 11.3 Å². The van der Waals surface area contributed by atoms with Gasteiger partial charge in [-0.15, -0.1) is 5.10 Å². The fourth-order valence-electron chi connectivity index (χ4n) is 3.17. The molecule has 0 saturated carbocycles. The number of aromatic nitrogens is 7. The first kappa shape index (κ1) is 22.2. The molecule has 0 aliphatic heterocycles. The van der Waals surface area contributed by atoms with Gasteiger partial charge in [-0.3, -0.25) is 19.7 Å². The first-order valence-corrected chi connectivity index (χ1v) is 10.4. The Morgan fingerprint density at radius 1 is 1.09 bits per heavy atom. The van der Waals surface area contributed by atoms with Crippen LogP contribution in [0.1, 0.15) is 46.2 Å². The first-order chi connectivity index (χ1) is 15.9. The van der Waals surface area contributed by atoms with E-state index in [1.807, 2.05) is 39.0 Å². The van der Waals surface area contributed by atoms with Gasteiger partial charge in [0.05, 0.1) is 35.5 Å². The third-order valence-electron chi connectivity index (χ3n) is 5.11. The van der Waals surface area contributed by atoms with E-state index in [9.17, 15) is 4.79 Å². The summed E-state index contributed by atoms with van der Waals surface area (Å²) < 4.78 is 6.95. The van der Waals surface area contributed by atoms with Gasteiger partial charge in [0, 0.05) is 30.6 Å². The highest BCUT2D eigenvalue weighted by Crippen LogP contribution is 2.25. The van der Waals surface area contributed by atoms with Gasteiger partial charge in [-0.05, 0) is 61.0 Å². The summed E-state index contributed by atoms with van der Waals surface area (Å²) >= 11 is 0. The lowest BCUT2D eigenvalue weighted by molar-refractivity contribution is 0.0950. The number of rotatable bonds is 7. The summed E-state index contributed by atoms with van der Waals surface area (Å²) in [5.41, 5.74) is 5.09. The number of methoxy groups -OCH3 is 1. The molecule has 33 heavy (non-hydrogen) atoms. The SMILES string of the molecule is COC(C)c1nnnn1-c1cc(C(=O)NCc2cnc(C)cn2)cc(-c2ccc(C)cn2)c1. The van der Waals surface area contributed by atoms with Crippen LogP contribution in [0.3, 0.4) is 0 Å². The average molecular weight is 444 g/mol. The zero-order valence-electron chi connectivity index (χ0n) is 18.9. The topological polar surface area (TPSA) is 121 Å². The van der Waals surface area contributed by atoms with E-state index >= 15 is 0 Å². The summed E-state index contributed by atoms with van der Waals surface area (Å²) in [4.78, 5) is 26.1. The normalized spacial score (nSPS) is 11.9. The molecule has 1 amide bonds. The molecule has 0 bridgehead atoms. The minimum absolute atomic E-state index is 0.255. The molecule has 1 aromatic carbocycles. The van der Waals surface area contributed by atoms with Crippen LogP contribution in [-0.4, -0.2) is 48.2 Å². The number of aryl methyl sites for hydroxylation is 2. The van der Waals surface area contributed by atoms with E-state index in [1.165, 1.54) is 0 Å². The van der Waals surface area contributed by atoms with E-state index in [1.54, 1.807) is 42.5 Å². The Hall–Kier alpha value is -4.05. The van der Waals surface area contributed by atoms with E-state index in [4.69, 9.17) is 4.74 Å². The monoisotopic (exact) mass is 444 g/mol. The highest BCUT2D eigenvalue weighted by atomic mass is 16.5. The van der Waals surface area contributed by atoms with Crippen LogP contribution in [0.25, 0.3) is 16.9 Å². The van der Waals surface area contributed by atoms with Gasteiger partial charge in [0.15, 0.2) is 5.82 Å². The second kappa shape index (κ2) is 9.61. The lowest BCUT2D eigenvalue weighted by atomic mass is 10.0. The van der Waals surface area contributed by atoms with E-state index < -0.39 is 0 Å². The zero-order valence-corrected chi connectivity index (χ0v) is 18.9. The largest absolute Gasteiger partial charge is 0.374 e.